The summed E-state index contributed by atoms with van der Waals surface area (Å²) in [6.45, 7) is 28.8. The van der Waals surface area contributed by atoms with Crippen molar-refractivity contribution in [1.29, 1.82) is 0 Å². The average Bonchev–Trinajstić information content (AvgIpc) is 3.27. The van der Waals surface area contributed by atoms with Crippen molar-refractivity contribution in [2.75, 3.05) is 26.4 Å². The molecule has 0 saturated heterocycles. The first-order valence-electron chi connectivity index (χ1n) is 17.0. The molecule has 6 heteroatoms. The Morgan fingerprint density at radius 1 is 0.812 bits per heavy atom. The summed E-state index contributed by atoms with van der Waals surface area (Å²) in [7, 11) is 0. The highest BCUT2D eigenvalue weighted by atomic mass is 16.5. The van der Waals surface area contributed by atoms with Gasteiger partial charge in [0.1, 0.15) is 24.7 Å². The van der Waals surface area contributed by atoms with E-state index in [-0.39, 0.29) is 17.6 Å². The van der Waals surface area contributed by atoms with Gasteiger partial charge >= 0.3 is 0 Å². The van der Waals surface area contributed by atoms with Crippen molar-refractivity contribution in [3.05, 3.63) is 120 Å². The molecule has 5 atom stereocenters. The molecule has 0 spiro atoms. The van der Waals surface area contributed by atoms with Crippen molar-refractivity contribution in [1.82, 2.24) is 0 Å². The van der Waals surface area contributed by atoms with Gasteiger partial charge in [0.25, 0.3) is 0 Å². The molecule has 5 unspecified atom stereocenters. The van der Waals surface area contributed by atoms with Crippen molar-refractivity contribution >= 4 is 5.57 Å². The quantitative estimate of drug-likeness (QED) is 0.106. The molecule has 2 aromatic carbocycles. The number of allylic oxidation sites excluding steroid dienone is 7. The number of benzene rings is 2. The van der Waals surface area contributed by atoms with E-state index >= 15 is 0 Å². The fraction of sp³-hybridized carbons (Fsp3) is 0.476. The van der Waals surface area contributed by atoms with Gasteiger partial charge in [-0.3, -0.25) is 0 Å². The van der Waals surface area contributed by atoms with E-state index in [2.05, 4.69) is 77.3 Å². The Kier molecular flexibility index (Phi) is 19.8. The van der Waals surface area contributed by atoms with Crippen LogP contribution in [0.15, 0.2) is 103 Å². The van der Waals surface area contributed by atoms with Crippen molar-refractivity contribution in [3.8, 4) is 5.75 Å². The van der Waals surface area contributed by atoms with Crippen LogP contribution in [0.25, 0.3) is 5.57 Å². The second-order valence-corrected chi connectivity index (χ2v) is 12.8. The van der Waals surface area contributed by atoms with Gasteiger partial charge in [0.15, 0.2) is 0 Å². The Labute approximate surface area is 291 Å². The fourth-order valence-corrected chi connectivity index (χ4v) is 4.84. The summed E-state index contributed by atoms with van der Waals surface area (Å²) in [6.07, 6.45) is 7.45. The predicted octanol–water partition coefficient (Wildman–Crippen LogP) is 9.37. The fourth-order valence-electron chi connectivity index (χ4n) is 4.84. The molecular formula is C42H62O6. The van der Waals surface area contributed by atoms with Gasteiger partial charge in [-0.2, -0.15) is 0 Å². The Hall–Kier alpha value is -3.42. The highest BCUT2D eigenvalue weighted by Crippen LogP contribution is 2.49. The molecule has 0 bridgehead atoms. The van der Waals surface area contributed by atoms with E-state index in [1.54, 1.807) is 19.9 Å². The summed E-state index contributed by atoms with van der Waals surface area (Å²) < 4.78 is 22.3. The maximum atomic E-state index is 9.29. The van der Waals surface area contributed by atoms with Crippen LogP contribution in [0.5, 0.6) is 5.75 Å². The summed E-state index contributed by atoms with van der Waals surface area (Å²) in [6, 6.07) is 17.1. The highest BCUT2D eigenvalue weighted by Gasteiger charge is 2.38. The molecule has 1 aliphatic rings. The van der Waals surface area contributed by atoms with E-state index in [9.17, 15) is 5.11 Å². The highest BCUT2D eigenvalue weighted by molar-refractivity contribution is 5.80. The minimum Gasteiger partial charge on any atom is -0.491 e. The molecule has 3 rings (SSSR count). The van der Waals surface area contributed by atoms with Crippen LogP contribution in [0.1, 0.15) is 92.3 Å². The second kappa shape index (κ2) is 22.3. The molecule has 0 radical (unpaired) electrons. The first-order chi connectivity index (χ1) is 22.7. The van der Waals surface area contributed by atoms with E-state index in [4.69, 9.17) is 24.1 Å². The summed E-state index contributed by atoms with van der Waals surface area (Å²) >= 11 is 0. The van der Waals surface area contributed by atoms with Gasteiger partial charge in [-0.15, -0.1) is 6.58 Å². The summed E-state index contributed by atoms with van der Waals surface area (Å²) in [4.78, 5) is 0. The largest absolute Gasteiger partial charge is 0.491 e. The first-order valence-corrected chi connectivity index (χ1v) is 17.0. The molecule has 0 heterocycles. The maximum Gasteiger partial charge on any atom is 0.119 e. The maximum absolute atomic E-state index is 9.29. The molecule has 48 heavy (non-hydrogen) atoms. The average molecular weight is 663 g/mol. The lowest BCUT2D eigenvalue weighted by atomic mass is 9.74. The monoisotopic (exact) mass is 662 g/mol. The molecule has 0 aromatic heterocycles. The molecule has 2 aromatic rings. The van der Waals surface area contributed by atoms with Gasteiger partial charge in [0.2, 0.25) is 0 Å². The Morgan fingerprint density at radius 2 is 1.35 bits per heavy atom. The lowest BCUT2D eigenvalue weighted by Crippen LogP contribution is -2.23. The van der Waals surface area contributed by atoms with Gasteiger partial charge in [0.05, 0.1) is 37.6 Å². The smallest absolute Gasteiger partial charge is 0.119 e. The number of aliphatic hydroxyl groups excluding tert-OH is 2. The number of fused-ring (bicyclic) bond motifs is 1. The van der Waals surface area contributed by atoms with Crippen LogP contribution in [0, 0.1) is 0 Å². The van der Waals surface area contributed by atoms with Gasteiger partial charge in [-0.1, -0.05) is 73.2 Å². The van der Waals surface area contributed by atoms with E-state index in [1.165, 1.54) is 33.4 Å². The molecular weight excluding hydrogens is 600 g/mol. The summed E-state index contributed by atoms with van der Waals surface area (Å²) in [5.41, 5.74) is 7.86. The van der Waals surface area contributed by atoms with Crippen LogP contribution in [-0.4, -0.2) is 61.1 Å². The van der Waals surface area contributed by atoms with Crippen LogP contribution in [-0.2, 0) is 19.6 Å². The lowest BCUT2D eigenvalue weighted by molar-refractivity contribution is -0.0231. The van der Waals surface area contributed by atoms with E-state index < -0.39 is 12.2 Å². The van der Waals surface area contributed by atoms with Crippen molar-refractivity contribution in [2.24, 2.45) is 0 Å². The van der Waals surface area contributed by atoms with Gasteiger partial charge < -0.3 is 29.2 Å². The molecule has 0 aliphatic heterocycles. The summed E-state index contributed by atoms with van der Waals surface area (Å²) in [5, 5.41) is 18.4. The SMILES string of the molecule is C=C/C(=C\C=C(C)C)OCC(C)OCC(C)O.C=CCC.CC1=C(C)C(C)(c2ccc(OCC(C)OCC(C)O)cc2)c2ccccc21. The zero-order valence-electron chi connectivity index (χ0n) is 31.2. The number of aliphatic hydroxyl groups is 2. The van der Waals surface area contributed by atoms with Crippen LogP contribution >= 0.6 is 0 Å². The number of hydrogen-bond donors (Lipinski definition) is 2. The zero-order chi connectivity index (χ0) is 36.3. The van der Waals surface area contributed by atoms with Crippen molar-refractivity contribution in [3.63, 3.8) is 0 Å². The Bertz CT molecular complexity index is 1330. The normalized spacial score (nSPS) is 17.7. The van der Waals surface area contributed by atoms with Crippen LogP contribution in [0.3, 0.4) is 0 Å². The molecule has 2 N–H and O–H groups in total. The molecule has 0 amide bonds. The molecule has 0 fully saturated rings. The third-order valence-corrected chi connectivity index (χ3v) is 7.90. The first kappa shape index (κ1) is 42.6. The second-order valence-electron chi connectivity index (χ2n) is 12.8. The molecule has 6 nitrogen and oxygen atoms in total. The number of ether oxygens (including phenoxy) is 4. The van der Waals surface area contributed by atoms with Gasteiger partial charge in [-0.25, -0.2) is 0 Å². The molecule has 0 saturated carbocycles. The lowest BCUT2D eigenvalue weighted by Gasteiger charge is -2.29. The topological polar surface area (TPSA) is 77.4 Å². The Morgan fingerprint density at radius 3 is 1.85 bits per heavy atom. The molecule has 1 aliphatic carbocycles. The number of rotatable bonds is 16. The van der Waals surface area contributed by atoms with Crippen molar-refractivity contribution < 1.29 is 29.2 Å². The van der Waals surface area contributed by atoms with Crippen LogP contribution in [0.2, 0.25) is 0 Å². The van der Waals surface area contributed by atoms with Crippen LogP contribution < -0.4 is 4.74 Å². The van der Waals surface area contributed by atoms with Gasteiger partial charge in [0, 0.05) is 5.41 Å². The van der Waals surface area contributed by atoms with E-state index in [0.717, 1.165) is 17.9 Å². The predicted molar refractivity (Wildman–Crippen MR) is 201 cm³/mol. The van der Waals surface area contributed by atoms with E-state index in [1.807, 2.05) is 58.1 Å². The third kappa shape index (κ3) is 14.4. The van der Waals surface area contributed by atoms with E-state index in [0.29, 0.717) is 26.4 Å². The molecule has 266 valence electrons. The standard InChI is InChI=1S/C24H30O3.C14H24O3.C4H8/c1-16(25)14-26-17(2)15-27-21-12-10-20(11-13-21)24(5)19(4)18(3)22-8-6-7-9-23(22)24;1-6-14(8-7-11(2)3)17-10-13(5)16-9-12(4)15;1-3-4-2/h6-13,16-17,25H,14-15H2,1-5H3;6-8,12-13,15H,1,9-10H2,2-5H3;3H,1,4H2,2H3/b;14-8+;. The van der Waals surface area contributed by atoms with Gasteiger partial charge in [-0.05, 0) is 115 Å². The third-order valence-electron chi connectivity index (χ3n) is 7.90. The minimum atomic E-state index is -0.457. The van der Waals surface area contributed by atoms with Crippen molar-refractivity contribution in [2.45, 2.75) is 105 Å². The Balaban J connectivity index is 0.000000472. The minimum absolute atomic E-state index is 0.0559. The van der Waals surface area contributed by atoms with Crippen LogP contribution in [0.4, 0.5) is 0 Å². The number of hydrogen-bond acceptors (Lipinski definition) is 6. The summed E-state index contributed by atoms with van der Waals surface area (Å²) in [5.74, 6) is 1.55. The zero-order valence-corrected chi connectivity index (χ0v) is 31.2.